The first kappa shape index (κ1) is 20.1. The van der Waals surface area contributed by atoms with Crippen LogP contribution in [0.15, 0.2) is 36.0 Å². The van der Waals surface area contributed by atoms with Crippen LogP contribution in [0.4, 0.5) is 0 Å². The zero-order valence-corrected chi connectivity index (χ0v) is 16.9. The summed E-state index contributed by atoms with van der Waals surface area (Å²) in [6, 6.07) is 5.53. The van der Waals surface area contributed by atoms with Gasteiger partial charge in [-0.1, -0.05) is 31.1 Å². The standard InChI is InChI=1S/C22H30N4O2/c1-3-4-15-25(2)22(28)20-24-19(18-12-8-9-16-26(18)20)21(27)23-14-13-17-10-6-5-7-11-17/h8-10,12,16H,3-7,11,13-15H2,1-2H3,(H,23,27). The summed E-state index contributed by atoms with van der Waals surface area (Å²) < 4.78 is 1.71. The Morgan fingerprint density at radius 2 is 2.14 bits per heavy atom. The predicted octanol–water partition coefficient (Wildman–Crippen LogP) is 3.83. The van der Waals surface area contributed by atoms with E-state index in [1.807, 2.05) is 18.2 Å². The van der Waals surface area contributed by atoms with Crippen LogP contribution in [0, 0.1) is 0 Å². The Bertz CT molecular complexity index is 869. The number of hydrogen-bond acceptors (Lipinski definition) is 3. The molecule has 28 heavy (non-hydrogen) atoms. The molecule has 0 saturated carbocycles. The van der Waals surface area contributed by atoms with Gasteiger partial charge in [0.05, 0.1) is 5.52 Å². The second-order valence-electron chi connectivity index (χ2n) is 7.43. The van der Waals surface area contributed by atoms with Crippen molar-refractivity contribution in [2.45, 2.75) is 51.9 Å². The van der Waals surface area contributed by atoms with Gasteiger partial charge in [-0.15, -0.1) is 0 Å². The van der Waals surface area contributed by atoms with E-state index in [9.17, 15) is 9.59 Å². The Morgan fingerprint density at radius 3 is 2.89 bits per heavy atom. The molecule has 0 aromatic carbocycles. The van der Waals surface area contributed by atoms with Gasteiger partial charge in [0, 0.05) is 26.3 Å². The molecule has 1 N–H and O–H groups in total. The van der Waals surface area contributed by atoms with Gasteiger partial charge in [-0.3, -0.25) is 14.0 Å². The van der Waals surface area contributed by atoms with E-state index >= 15 is 0 Å². The number of nitrogens with zero attached hydrogens (tertiary/aromatic N) is 3. The van der Waals surface area contributed by atoms with Crippen LogP contribution >= 0.6 is 0 Å². The number of nitrogens with one attached hydrogen (secondary N) is 1. The van der Waals surface area contributed by atoms with Crippen LogP contribution in [0.3, 0.4) is 0 Å². The maximum absolute atomic E-state index is 12.8. The molecule has 6 heteroatoms. The number of imidazole rings is 1. The topological polar surface area (TPSA) is 66.7 Å². The SMILES string of the molecule is CCCCN(C)C(=O)c1nc(C(=O)NCCC2=CCCCC2)c2ccccn12. The Balaban J connectivity index is 1.74. The van der Waals surface area contributed by atoms with E-state index in [4.69, 9.17) is 0 Å². The Morgan fingerprint density at radius 1 is 1.29 bits per heavy atom. The van der Waals surface area contributed by atoms with Gasteiger partial charge in [-0.2, -0.15) is 0 Å². The summed E-state index contributed by atoms with van der Waals surface area (Å²) in [5.41, 5.74) is 2.39. The lowest BCUT2D eigenvalue weighted by Crippen LogP contribution is -2.29. The molecule has 6 nitrogen and oxygen atoms in total. The first-order chi connectivity index (χ1) is 13.6. The van der Waals surface area contributed by atoms with E-state index in [0.29, 0.717) is 24.3 Å². The highest BCUT2D eigenvalue weighted by atomic mass is 16.2. The average Bonchev–Trinajstić information content (AvgIpc) is 3.12. The number of rotatable bonds is 8. The minimum Gasteiger partial charge on any atom is -0.350 e. The largest absolute Gasteiger partial charge is 0.350 e. The quantitative estimate of drug-likeness (QED) is 0.706. The molecule has 2 aromatic heterocycles. The van der Waals surface area contributed by atoms with Crippen molar-refractivity contribution in [2.75, 3.05) is 20.1 Å². The van der Waals surface area contributed by atoms with Crippen molar-refractivity contribution in [3.63, 3.8) is 0 Å². The maximum Gasteiger partial charge on any atom is 0.289 e. The van der Waals surface area contributed by atoms with E-state index in [-0.39, 0.29) is 17.6 Å². The zero-order chi connectivity index (χ0) is 19.9. The summed E-state index contributed by atoms with van der Waals surface area (Å²) in [7, 11) is 1.78. The van der Waals surface area contributed by atoms with E-state index in [0.717, 1.165) is 32.1 Å². The van der Waals surface area contributed by atoms with Crippen LogP contribution in [0.2, 0.25) is 0 Å². The summed E-state index contributed by atoms with van der Waals surface area (Å²) in [5.74, 6) is -0.106. The molecule has 0 saturated heterocycles. The minimum atomic E-state index is -0.227. The van der Waals surface area contributed by atoms with Crippen molar-refractivity contribution in [1.82, 2.24) is 19.6 Å². The number of fused-ring (bicyclic) bond motifs is 1. The van der Waals surface area contributed by atoms with Gasteiger partial charge in [0.25, 0.3) is 11.8 Å². The molecule has 0 radical (unpaired) electrons. The number of amides is 2. The zero-order valence-electron chi connectivity index (χ0n) is 16.9. The van der Waals surface area contributed by atoms with Gasteiger partial charge in [-0.05, 0) is 50.7 Å². The molecule has 2 heterocycles. The van der Waals surface area contributed by atoms with Crippen LogP contribution in [0.5, 0.6) is 0 Å². The summed E-state index contributed by atoms with van der Waals surface area (Å²) >= 11 is 0. The monoisotopic (exact) mass is 382 g/mol. The van der Waals surface area contributed by atoms with Crippen LogP contribution in [0.25, 0.3) is 5.52 Å². The van der Waals surface area contributed by atoms with E-state index < -0.39 is 0 Å². The third-order valence-corrected chi connectivity index (χ3v) is 5.27. The van der Waals surface area contributed by atoms with Crippen molar-refractivity contribution in [3.8, 4) is 0 Å². The second-order valence-corrected chi connectivity index (χ2v) is 7.43. The van der Waals surface area contributed by atoms with Crippen LogP contribution < -0.4 is 5.32 Å². The van der Waals surface area contributed by atoms with Crippen molar-refractivity contribution in [3.05, 3.63) is 47.6 Å². The average molecular weight is 383 g/mol. The fourth-order valence-corrected chi connectivity index (χ4v) is 3.58. The van der Waals surface area contributed by atoms with Crippen LogP contribution in [0.1, 0.15) is 73.0 Å². The maximum atomic E-state index is 12.8. The Hall–Kier alpha value is -2.63. The summed E-state index contributed by atoms with van der Waals surface area (Å²) in [5, 5.41) is 2.97. The molecule has 0 unspecified atom stereocenters. The number of carbonyl (C=O) groups excluding carboxylic acids is 2. The molecule has 2 amide bonds. The molecule has 0 bridgehead atoms. The van der Waals surface area contributed by atoms with E-state index in [2.05, 4.69) is 23.3 Å². The number of hydrogen-bond donors (Lipinski definition) is 1. The number of carbonyl (C=O) groups is 2. The highest BCUT2D eigenvalue weighted by Crippen LogP contribution is 2.20. The first-order valence-corrected chi connectivity index (χ1v) is 10.3. The van der Waals surface area contributed by atoms with Gasteiger partial charge < -0.3 is 10.2 Å². The van der Waals surface area contributed by atoms with Crippen molar-refractivity contribution in [2.24, 2.45) is 0 Å². The molecule has 1 aliphatic carbocycles. The fraction of sp³-hybridized carbons (Fsp3) is 0.500. The summed E-state index contributed by atoms with van der Waals surface area (Å²) in [6.07, 6.45) is 11.7. The van der Waals surface area contributed by atoms with Gasteiger partial charge in [-0.25, -0.2) is 4.98 Å². The number of pyridine rings is 1. The number of aromatic nitrogens is 2. The predicted molar refractivity (Wildman–Crippen MR) is 111 cm³/mol. The summed E-state index contributed by atoms with van der Waals surface area (Å²) in [6.45, 7) is 3.36. The Labute approximate surface area is 166 Å². The molecular formula is C22H30N4O2. The lowest BCUT2D eigenvalue weighted by molar-refractivity contribution is 0.0780. The van der Waals surface area contributed by atoms with Gasteiger partial charge in [0.2, 0.25) is 5.82 Å². The third kappa shape index (κ3) is 4.61. The highest BCUT2D eigenvalue weighted by molar-refractivity contribution is 6.02. The number of unbranched alkanes of at least 4 members (excludes halogenated alkanes) is 1. The molecule has 150 valence electrons. The molecular weight excluding hydrogens is 352 g/mol. The van der Waals surface area contributed by atoms with E-state index in [1.54, 1.807) is 22.5 Å². The minimum absolute atomic E-state index is 0.166. The molecule has 2 aromatic rings. The van der Waals surface area contributed by atoms with Crippen LogP contribution in [-0.4, -0.2) is 46.2 Å². The third-order valence-electron chi connectivity index (χ3n) is 5.27. The number of allylic oxidation sites excluding steroid dienone is 1. The molecule has 1 aliphatic rings. The summed E-state index contributed by atoms with van der Waals surface area (Å²) in [4.78, 5) is 31.7. The van der Waals surface area contributed by atoms with Crippen molar-refractivity contribution < 1.29 is 9.59 Å². The second kappa shape index (κ2) is 9.53. The lowest BCUT2D eigenvalue weighted by Gasteiger charge is -2.15. The molecule has 3 rings (SSSR count). The fourth-order valence-electron chi connectivity index (χ4n) is 3.58. The highest BCUT2D eigenvalue weighted by Gasteiger charge is 2.23. The van der Waals surface area contributed by atoms with Crippen molar-refractivity contribution in [1.29, 1.82) is 0 Å². The lowest BCUT2D eigenvalue weighted by atomic mass is 9.97. The van der Waals surface area contributed by atoms with Gasteiger partial charge in [0.1, 0.15) is 0 Å². The van der Waals surface area contributed by atoms with E-state index in [1.165, 1.54) is 18.4 Å². The smallest absolute Gasteiger partial charge is 0.289 e. The molecule has 0 spiro atoms. The van der Waals surface area contributed by atoms with Gasteiger partial charge >= 0.3 is 0 Å². The first-order valence-electron chi connectivity index (χ1n) is 10.3. The molecule has 0 atom stereocenters. The van der Waals surface area contributed by atoms with Crippen molar-refractivity contribution >= 4 is 17.3 Å². The van der Waals surface area contributed by atoms with Gasteiger partial charge in [0.15, 0.2) is 5.69 Å². The van der Waals surface area contributed by atoms with Crippen LogP contribution in [-0.2, 0) is 0 Å². The molecule has 0 aliphatic heterocycles. The Kier molecular flexibility index (Phi) is 6.85. The normalized spacial score (nSPS) is 14.0. The molecule has 0 fully saturated rings.